The van der Waals surface area contributed by atoms with Gasteiger partial charge in [-0.1, -0.05) is 5.16 Å². The van der Waals surface area contributed by atoms with Crippen LogP contribution in [0.15, 0.2) is 32.9 Å². The van der Waals surface area contributed by atoms with E-state index >= 15 is 0 Å². The molecule has 0 spiro atoms. The first-order chi connectivity index (χ1) is 18.7. The van der Waals surface area contributed by atoms with Crippen molar-refractivity contribution in [3.05, 3.63) is 39.9 Å². The number of aliphatic hydroxyl groups is 1. The van der Waals surface area contributed by atoms with Crippen LogP contribution in [0.4, 0.5) is 5.13 Å². The zero-order valence-electron chi connectivity index (χ0n) is 20.4. The Bertz CT molecular complexity index is 1550. The minimum Gasteiger partial charge on any atom is -0.477 e. The van der Waals surface area contributed by atoms with Crippen LogP contribution in [0.1, 0.15) is 17.2 Å². The molecule has 204 valence electrons. The highest BCUT2D eigenvalue weighted by atomic mass is 32.2. The Morgan fingerprint density at radius 3 is 2.82 bits per heavy atom. The molecule has 3 aromatic rings. The molecule has 18 heteroatoms. The number of carbonyl (C=O) groups is 3. The van der Waals surface area contributed by atoms with Gasteiger partial charge in [0, 0.05) is 22.6 Å². The number of carboxylic acids is 1. The van der Waals surface area contributed by atoms with E-state index in [-0.39, 0.29) is 40.4 Å². The van der Waals surface area contributed by atoms with Crippen molar-refractivity contribution in [1.82, 2.24) is 34.8 Å². The number of aliphatic carboxylic acids is 1. The number of carbonyl (C=O) groups excluding carboxylic acids is 2. The van der Waals surface area contributed by atoms with E-state index < -0.39 is 29.2 Å². The van der Waals surface area contributed by atoms with Crippen molar-refractivity contribution in [1.29, 1.82) is 0 Å². The molecular formula is C21H21N9O6S3. The Morgan fingerprint density at radius 2 is 2.15 bits per heavy atom. The summed E-state index contributed by atoms with van der Waals surface area (Å²) in [6.07, 6.45) is 0. The molecule has 5 N–H and O–H groups in total. The smallest absolute Gasteiger partial charge is 0.352 e. The van der Waals surface area contributed by atoms with Crippen molar-refractivity contribution >= 4 is 69.3 Å². The van der Waals surface area contributed by atoms with Crippen molar-refractivity contribution < 1.29 is 29.4 Å². The third-order valence-electron chi connectivity index (χ3n) is 5.69. The molecule has 2 aliphatic rings. The molecule has 1 unspecified atom stereocenters. The molecule has 0 radical (unpaired) electrons. The van der Waals surface area contributed by atoms with Gasteiger partial charge in [-0.15, -0.1) is 40.0 Å². The van der Waals surface area contributed by atoms with Crippen molar-refractivity contribution in [2.75, 3.05) is 24.3 Å². The van der Waals surface area contributed by atoms with Gasteiger partial charge in [-0.2, -0.15) is 9.50 Å². The third kappa shape index (κ3) is 5.02. The molecule has 39 heavy (non-hydrogen) atoms. The predicted octanol–water partition coefficient (Wildman–Crippen LogP) is -0.155. The van der Waals surface area contributed by atoms with Crippen LogP contribution in [0.3, 0.4) is 0 Å². The number of hydrogen-bond acceptors (Lipinski definition) is 14. The SMILES string of the molecule is CON=C(C(=O)NC1C(=O)N2C(C(=O)O)=C(CSc3cc(C)nc4nc(CO)nn34)CS[C@@H]12)c1csc(N)n1. The van der Waals surface area contributed by atoms with Crippen molar-refractivity contribution in [2.45, 2.75) is 30.0 Å². The summed E-state index contributed by atoms with van der Waals surface area (Å²) in [6, 6.07) is 0.821. The average molecular weight is 592 g/mol. The first kappa shape index (κ1) is 26.9. The van der Waals surface area contributed by atoms with Crippen molar-refractivity contribution in [3.8, 4) is 0 Å². The first-order valence-electron chi connectivity index (χ1n) is 11.2. The number of thioether (sulfide) groups is 2. The van der Waals surface area contributed by atoms with E-state index in [2.05, 4.69) is 30.5 Å². The fourth-order valence-electron chi connectivity index (χ4n) is 4.02. The van der Waals surface area contributed by atoms with Crippen LogP contribution >= 0.6 is 34.9 Å². The summed E-state index contributed by atoms with van der Waals surface area (Å²) in [5.41, 5.74) is 6.80. The highest BCUT2D eigenvalue weighted by molar-refractivity contribution is 8.01. The van der Waals surface area contributed by atoms with Gasteiger partial charge in [0.05, 0.1) is 0 Å². The molecule has 3 aromatic heterocycles. The Hall–Kier alpha value is -3.74. The maximum atomic E-state index is 13.1. The van der Waals surface area contributed by atoms with Gasteiger partial charge in [0.2, 0.25) is 0 Å². The third-order valence-corrected chi connectivity index (χ3v) is 8.78. The highest BCUT2D eigenvalue weighted by Gasteiger charge is 2.54. The number of nitrogens with two attached hydrogens (primary N) is 1. The van der Waals surface area contributed by atoms with E-state index in [1.807, 2.05) is 0 Å². The van der Waals surface area contributed by atoms with Gasteiger partial charge >= 0.3 is 5.97 Å². The van der Waals surface area contributed by atoms with Crippen LogP contribution in [0, 0.1) is 6.92 Å². The topological polar surface area (TPSA) is 211 Å². The van der Waals surface area contributed by atoms with Crippen molar-refractivity contribution in [2.24, 2.45) is 5.16 Å². The van der Waals surface area contributed by atoms with Crippen LogP contribution in [-0.4, -0.2) is 93.2 Å². The molecule has 2 atom stereocenters. The zero-order valence-corrected chi connectivity index (χ0v) is 22.8. The number of thiazole rings is 1. The highest BCUT2D eigenvalue weighted by Crippen LogP contribution is 2.41. The van der Waals surface area contributed by atoms with E-state index in [9.17, 15) is 24.6 Å². The van der Waals surface area contributed by atoms with E-state index in [0.29, 0.717) is 27.8 Å². The lowest BCUT2D eigenvalue weighted by Gasteiger charge is -2.49. The molecule has 2 amide bonds. The van der Waals surface area contributed by atoms with Gasteiger partial charge in [-0.25, -0.2) is 14.8 Å². The number of oxime groups is 1. The number of amides is 2. The molecule has 0 aromatic carbocycles. The standard InChI is InChI=1S/C21H21N9O6S3/c1-8-3-12(30-21(23-8)25-11(4-31)27-30)37-5-9-6-38-18-14(17(33)29(18)15(9)19(34)35)26-16(32)13(28-36-2)10-7-39-20(22)24-10/h3,7,14,18,31H,4-6H2,1-2H3,(H2,22,24)(H,26,32)(H,34,35)/t14?,18-/m0/s1. The summed E-state index contributed by atoms with van der Waals surface area (Å²) < 4.78 is 1.48. The lowest BCUT2D eigenvalue weighted by molar-refractivity contribution is -0.150. The maximum Gasteiger partial charge on any atom is 0.352 e. The number of hydrogen-bond donors (Lipinski definition) is 4. The Balaban J connectivity index is 1.34. The number of β-lactam (4-membered cyclic amide) rings is 1. The maximum absolute atomic E-state index is 13.1. The Morgan fingerprint density at radius 1 is 1.36 bits per heavy atom. The van der Waals surface area contributed by atoms with Crippen LogP contribution in [0.25, 0.3) is 5.78 Å². The van der Waals surface area contributed by atoms with Gasteiger partial charge in [-0.05, 0) is 18.6 Å². The average Bonchev–Trinajstić information content (AvgIpc) is 3.53. The molecule has 0 bridgehead atoms. The summed E-state index contributed by atoms with van der Waals surface area (Å²) in [4.78, 5) is 56.7. The van der Waals surface area contributed by atoms with Gasteiger partial charge in [-0.3, -0.25) is 14.5 Å². The molecule has 0 aliphatic carbocycles. The number of aryl methyl sites for hydroxylation is 1. The lowest BCUT2D eigenvalue weighted by Crippen LogP contribution is -2.71. The zero-order chi connectivity index (χ0) is 27.8. The minimum atomic E-state index is -1.24. The second-order valence-electron chi connectivity index (χ2n) is 8.23. The van der Waals surface area contributed by atoms with Gasteiger partial charge in [0.15, 0.2) is 16.7 Å². The van der Waals surface area contributed by atoms with Gasteiger partial charge in [0.25, 0.3) is 17.6 Å². The molecular weight excluding hydrogens is 570 g/mol. The van der Waals surface area contributed by atoms with E-state index in [1.54, 1.807) is 13.0 Å². The van der Waals surface area contributed by atoms with E-state index in [4.69, 9.17) is 10.6 Å². The van der Waals surface area contributed by atoms with E-state index in [1.165, 1.54) is 45.4 Å². The second-order valence-corrected chi connectivity index (χ2v) is 11.2. The van der Waals surface area contributed by atoms with Gasteiger partial charge < -0.3 is 26.1 Å². The summed E-state index contributed by atoms with van der Waals surface area (Å²) in [7, 11) is 1.27. The van der Waals surface area contributed by atoms with Crippen molar-refractivity contribution in [3.63, 3.8) is 0 Å². The number of carboxylic acid groups (broad SMARTS) is 1. The molecule has 0 saturated carbocycles. The van der Waals surface area contributed by atoms with Crippen LogP contribution in [0.2, 0.25) is 0 Å². The quantitative estimate of drug-likeness (QED) is 0.0839. The summed E-state index contributed by atoms with van der Waals surface area (Å²) in [5, 5.41) is 31.8. The monoisotopic (exact) mass is 591 g/mol. The number of fused-ring (bicyclic) bond motifs is 2. The molecule has 1 saturated heterocycles. The molecule has 1 fully saturated rings. The summed E-state index contributed by atoms with van der Waals surface area (Å²) >= 11 is 3.77. The Kier molecular flexibility index (Phi) is 7.43. The molecule has 2 aliphatic heterocycles. The van der Waals surface area contributed by atoms with Crippen LogP contribution in [-0.2, 0) is 25.8 Å². The number of nitrogens with one attached hydrogen (secondary N) is 1. The first-order valence-corrected chi connectivity index (χ1v) is 14.1. The predicted molar refractivity (Wildman–Crippen MR) is 142 cm³/mol. The van der Waals surface area contributed by atoms with Gasteiger partial charge in [0.1, 0.15) is 41.5 Å². The van der Waals surface area contributed by atoms with Crippen LogP contribution in [0.5, 0.6) is 0 Å². The van der Waals surface area contributed by atoms with E-state index in [0.717, 1.165) is 11.3 Å². The number of nitrogen functional groups attached to an aromatic ring is 1. The molecule has 15 nitrogen and oxygen atoms in total. The fourth-order valence-corrected chi connectivity index (χ4v) is 7.10. The fraction of sp³-hybridized carbons (Fsp3) is 0.333. The number of nitrogens with zero attached hydrogens (tertiary/aromatic N) is 7. The molecule has 5 heterocycles. The number of aliphatic hydroxyl groups excluding tert-OH is 1. The largest absolute Gasteiger partial charge is 0.477 e. The lowest BCUT2D eigenvalue weighted by atomic mass is 10.0. The number of anilines is 1. The minimum absolute atomic E-state index is 0.114. The molecule has 5 rings (SSSR count). The Labute approximate surface area is 232 Å². The summed E-state index contributed by atoms with van der Waals surface area (Å²) in [6.45, 7) is 1.45. The normalized spacial score (nSPS) is 19.2. The number of aromatic nitrogens is 5. The second kappa shape index (κ2) is 10.8. The summed E-state index contributed by atoms with van der Waals surface area (Å²) in [5.74, 6) is -1.38. The van der Waals surface area contributed by atoms with Crippen LogP contribution < -0.4 is 11.1 Å². The number of rotatable bonds is 9.